The molecule has 0 radical (unpaired) electrons. The van der Waals surface area contributed by atoms with Gasteiger partial charge in [-0.15, -0.1) is 0 Å². The van der Waals surface area contributed by atoms with Crippen molar-refractivity contribution >= 4 is 16.6 Å². The second-order valence-corrected chi connectivity index (χ2v) is 6.64. The summed E-state index contributed by atoms with van der Waals surface area (Å²) in [5.74, 6) is 0.0873. The lowest BCUT2D eigenvalue weighted by molar-refractivity contribution is 0.103. The van der Waals surface area contributed by atoms with Crippen molar-refractivity contribution in [2.45, 2.75) is 6.92 Å². The first-order valence-corrected chi connectivity index (χ1v) is 8.69. The molecule has 0 atom stereocenters. The zero-order valence-corrected chi connectivity index (χ0v) is 14.8. The SMILES string of the molecule is Cc1ccc(-c2c(C(=O)c3cccc(O)c3)ccc3cc(O)ccc23)cc1. The minimum Gasteiger partial charge on any atom is -0.508 e. The van der Waals surface area contributed by atoms with Gasteiger partial charge in [-0.25, -0.2) is 0 Å². The van der Waals surface area contributed by atoms with Gasteiger partial charge in [0.1, 0.15) is 11.5 Å². The van der Waals surface area contributed by atoms with Gasteiger partial charge in [-0.05, 0) is 53.6 Å². The van der Waals surface area contributed by atoms with Gasteiger partial charge in [-0.1, -0.05) is 54.1 Å². The maximum Gasteiger partial charge on any atom is 0.193 e. The molecule has 132 valence electrons. The van der Waals surface area contributed by atoms with Crippen molar-refractivity contribution in [3.05, 3.63) is 95.6 Å². The molecule has 4 aromatic rings. The number of fused-ring (bicyclic) bond motifs is 1. The van der Waals surface area contributed by atoms with Crippen LogP contribution >= 0.6 is 0 Å². The summed E-state index contributed by atoms with van der Waals surface area (Å²) in [6, 6.07) is 23.2. The Bertz CT molecular complexity index is 1160. The monoisotopic (exact) mass is 354 g/mol. The smallest absolute Gasteiger partial charge is 0.193 e. The van der Waals surface area contributed by atoms with Crippen LogP contribution in [-0.2, 0) is 0 Å². The number of carbonyl (C=O) groups is 1. The Hall–Kier alpha value is -3.59. The number of rotatable bonds is 3. The van der Waals surface area contributed by atoms with Crippen molar-refractivity contribution < 1.29 is 15.0 Å². The summed E-state index contributed by atoms with van der Waals surface area (Å²) in [7, 11) is 0. The van der Waals surface area contributed by atoms with Crippen LogP contribution < -0.4 is 0 Å². The highest BCUT2D eigenvalue weighted by Crippen LogP contribution is 2.35. The normalized spacial score (nSPS) is 10.9. The highest BCUT2D eigenvalue weighted by molar-refractivity contribution is 6.17. The Morgan fingerprint density at radius 2 is 1.52 bits per heavy atom. The van der Waals surface area contributed by atoms with E-state index in [-0.39, 0.29) is 17.3 Å². The van der Waals surface area contributed by atoms with E-state index in [4.69, 9.17) is 0 Å². The summed E-state index contributed by atoms with van der Waals surface area (Å²) >= 11 is 0. The van der Waals surface area contributed by atoms with Crippen LogP contribution in [0.3, 0.4) is 0 Å². The Balaban J connectivity index is 2.00. The molecule has 27 heavy (non-hydrogen) atoms. The molecular formula is C24H18O3. The lowest BCUT2D eigenvalue weighted by Crippen LogP contribution is -2.04. The Labute approximate surface area is 157 Å². The molecule has 0 heterocycles. The van der Waals surface area contributed by atoms with Crippen LogP contribution in [0.25, 0.3) is 21.9 Å². The standard InChI is InChI=1S/C24H18O3/c1-15-5-7-16(8-6-15)23-21-12-10-20(26)13-17(21)9-11-22(23)24(27)18-3-2-4-19(25)14-18/h2-14,25-26H,1H3. The molecule has 0 saturated heterocycles. The van der Waals surface area contributed by atoms with Crippen LogP contribution in [-0.4, -0.2) is 16.0 Å². The molecule has 0 aromatic heterocycles. The fourth-order valence-electron chi connectivity index (χ4n) is 3.34. The predicted octanol–water partition coefficient (Wildman–Crippen LogP) is 5.46. The van der Waals surface area contributed by atoms with Crippen LogP contribution in [0.5, 0.6) is 11.5 Å². The lowest BCUT2D eigenvalue weighted by Gasteiger charge is -2.14. The van der Waals surface area contributed by atoms with E-state index >= 15 is 0 Å². The maximum absolute atomic E-state index is 13.2. The molecule has 3 heteroatoms. The second kappa shape index (κ2) is 6.61. The molecule has 0 aliphatic rings. The van der Waals surface area contributed by atoms with Crippen molar-refractivity contribution in [3.63, 3.8) is 0 Å². The van der Waals surface area contributed by atoms with Crippen LogP contribution in [0.2, 0.25) is 0 Å². The maximum atomic E-state index is 13.2. The molecule has 4 rings (SSSR count). The molecule has 0 unspecified atom stereocenters. The molecule has 4 aromatic carbocycles. The van der Waals surface area contributed by atoms with Gasteiger partial charge in [0.15, 0.2) is 5.78 Å². The van der Waals surface area contributed by atoms with E-state index in [2.05, 4.69) is 0 Å². The third-order valence-corrected chi connectivity index (χ3v) is 4.70. The van der Waals surface area contributed by atoms with Gasteiger partial charge in [0.2, 0.25) is 0 Å². The summed E-state index contributed by atoms with van der Waals surface area (Å²) in [6.45, 7) is 2.02. The lowest BCUT2D eigenvalue weighted by atomic mass is 9.89. The van der Waals surface area contributed by atoms with Gasteiger partial charge in [0, 0.05) is 16.7 Å². The van der Waals surface area contributed by atoms with E-state index in [9.17, 15) is 15.0 Å². The summed E-state index contributed by atoms with van der Waals surface area (Å²) < 4.78 is 0. The largest absolute Gasteiger partial charge is 0.508 e. The van der Waals surface area contributed by atoms with Crippen molar-refractivity contribution in [1.82, 2.24) is 0 Å². The number of aryl methyl sites for hydroxylation is 1. The van der Waals surface area contributed by atoms with Crippen molar-refractivity contribution in [3.8, 4) is 22.6 Å². The van der Waals surface area contributed by atoms with E-state index in [0.717, 1.165) is 27.5 Å². The number of carbonyl (C=O) groups excluding carboxylic acids is 1. The minimum absolute atomic E-state index is 0.0587. The van der Waals surface area contributed by atoms with E-state index in [1.165, 1.54) is 6.07 Å². The van der Waals surface area contributed by atoms with Crippen LogP contribution in [0.4, 0.5) is 0 Å². The Morgan fingerprint density at radius 3 is 2.26 bits per heavy atom. The number of benzene rings is 4. The molecule has 0 aliphatic carbocycles. The molecule has 0 saturated carbocycles. The van der Waals surface area contributed by atoms with Crippen molar-refractivity contribution in [1.29, 1.82) is 0 Å². The quantitative estimate of drug-likeness (QED) is 0.481. The van der Waals surface area contributed by atoms with Crippen LogP contribution in [0, 0.1) is 6.92 Å². The number of phenols is 2. The highest BCUT2D eigenvalue weighted by atomic mass is 16.3. The minimum atomic E-state index is -0.156. The topological polar surface area (TPSA) is 57.5 Å². The van der Waals surface area contributed by atoms with E-state index in [1.807, 2.05) is 43.3 Å². The van der Waals surface area contributed by atoms with Gasteiger partial charge in [0.25, 0.3) is 0 Å². The van der Waals surface area contributed by atoms with Gasteiger partial charge in [-0.2, -0.15) is 0 Å². The molecule has 2 N–H and O–H groups in total. The van der Waals surface area contributed by atoms with Crippen molar-refractivity contribution in [2.75, 3.05) is 0 Å². The van der Waals surface area contributed by atoms with Crippen LogP contribution in [0.1, 0.15) is 21.5 Å². The van der Waals surface area contributed by atoms with E-state index in [0.29, 0.717) is 11.1 Å². The molecular weight excluding hydrogens is 336 g/mol. The molecule has 0 bridgehead atoms. The number of aromatic hydroxyl groups is 2. The third kappa shape index (κ3) is 3.15. The van der Waals surface area contributed by atoms with E-state index in [1.54, 1.807) is 36.4 Å². The average Bonchev–Trinajstić information content (AvgIpc) is 2.67. The first kappa shape index (κ1) is 16.9. The fourth-order valence-corrected chi connectivity index (χ4v) is 3.34. The average molecular weight is 354 g/mol. The van der Waals surface area contributed by atoms with E-state index < -0.39 is 0 Å². The molecule has 0 aliphatic heterocycles. The highest BCUT2D eigenvalue weighted by Gasteiger charge is 2.18. The van der Waals surface area contributed by atoms with Gasteiger partial charge in [0.05, 0.1) is 0 Å². The number of phenolic OH excluding ortho intramolecular Hbond substituents is 2. The summed E-state index contributed by atoms with van der Waals surface area (Å²) in [5, 5.41) is 21.3. The second-order valence-electron chi connectivity index (χ2n) is 6.64. The molecule has 0 amide bonds. The molecule has 3 nitrogen and oxygen atoms in total. The van der Waals surface area contributed by atoms with Gasteiger partial charge in [-0.3, -0.25) is 4.79 Å². The van der Waals surface area contributed by atoms with Gasteiger partial charge < -0.3 is 10.2 Å². The Kier molecular flexibility index (Phi) is 4.13. The summed E-state index contributed by atoms with van der Waals surface area (Å²) in [4.78, 5) is 13.2. The van der Waals surface area contributed by atoms with Crippen molar-refractivity contribution in [2.24, 2.45) is 0 Å². The number of hydrogen-bond acceptors (Lipinski definition) is 3. The van der Waals surface area contributed by atoms with Gasteiger partial charge >= 0.3 is 0 Å². The molecule has 0 fully saturated rings. The summed E-state index contributed by atoms with van der Waals surface area (Å²) in [6.07, 6.45) is 0. The summed E-state index contributed by atoms with van der Waals surface area (Å²) in [5.41, 5.74) is 3.88. The zero-order valence-electron chi connectivity index (χ0n) is 14.8. The number of ketones is 1. The molecule has 0 spiro atoms. The fraction of sp³-hybridized carbons (Fsp3) is 0.0417. The predicted molar refractivity (Wildman–Crippen MR) is 107 cm³/mol. The first-order valence-electron chi connectivity index (χ1n) is 8.69. The number of hydrogen-bond donors (Lipinski definition) is 2. The third-order valence-electron chi connectivity index (χ3n) is 4.70. The first-order chi connectivity index (χ1) is 13.0. The zero-order chi connectivity index (χ0) is 19.0. The van der Waals surface area contributed by atoms with Crippen LogP contribution in [0.15, 0.2) is 78.9 Å². The Morgan fingerprint density at radius 1 is 0.778 bits per heavy atom.